The number of halogens is 1. The van der Waals surface area contributed by atoms with Crippen molar-refractivity contribution in [3.05, 3.63) is 68.0 Å². The normalized spacial score (nSPS) is 12.8. The zero-order chi connectivity index (χ0) is 14.3. The van der Waals surface area contributed by atoms with E-state index in [0.29, 0.717) is 5.52 Å². The number of nitrogens with one attached hydrogen (secondary N) is 2. The summed E-state index contributed by atoms with van der Waals surface area (Å²) in [5.74, 6) is 0. The van der Waals surface area contributed by atoms with E-state index < -0.39 is 6.10 Å². The minimum Gasteiger partial charge on any atom is -0.384 e. The fourth-order valence-electron chi connectivity index (χ4n) is 2.19. The lowest BCUT2D eigenvalue weighted by Crippen LogP contribution is -2.00. The zero-order valence-corrected chi connectivity index (χ0v) is 12.4. The van der Waals surface area contributed by atoms with Crippen molar-refractivity contribution >= 4 is 27.0 Å². The summed E-state index contributed by atoms with van der Waals surface area (Å²) in [7, 11) is 0. The molecule has 102 valence electrons. The second-order valence-electron chi connectivity index (χ2n) is 4.80. The maximum atomic E-state index is 11.2. The number of imidazole rings is 1. The van der Waals surface area contributed by atoms with E-state index in [1.165, 1.54) is 0 Å². The third-order valence-corrected chi connectivity index (χ3v) is 4.22. The predicted molar refractivity (Wildman–Crippen MR) is 81.9 cm³/mol. The summed E-state index contributed by atoms with van der Waals surface area (Å²) in [5, 5.41) is 10.5. The lowest BCUT2D eigenvalue weighted by molar-refractivity contribution is 0.220. The van der Waals surface area contributed by atoms with Gasteiger partial charge in [0.1, 0.15) is 6.10 Å². The summed E-state index contributed by atoms with van der Waals surface area (Å²) in [6.45, 7) is 2.00. The highest BCUT2D eigenvalue weighted by Crippen LogP contribution is 2.27. The molecule has 3 N–H and O–H groups in total. The van der Waals surface area contributed by atoms with E-state index in [9.17, 15) is 9.90 Å². The van der Waals surface area contributed by atoms with E-state index in [2.05, 4.69) is 25.9 Å². The van der Waals surface area contributed by atoms with Crippen molar-refractivity contribution in [3.8, 4) is 0 Å². The van der Waals surface area contributed by atoms with Gasteiger partial charge in [0, 0.05) is 4.47 Å². The molecule has 2 aromatic carbocycles. The van der Waals surface area contributed by atoms with Gasteiger partial charge in [-0.25, -0.2) is 4.79 Å². The Kier molecular flexibility index (Phi) is 3.23. The van der Waals surface area contributed by atoms with Crippen LogP contribution >= 0.6 is 15.9 Å². The summed E-state index contributed by atoms with van der Waals surface area (Å²) >= 11 is 3.47. The van der Waals surface area contributed by atoms with E-state index in [1.54, 1.807) is 12.1 Å². The van der Waals surface area contributed by atoms with Crippen LogP contribution in [0.2, 0.25) is 0 Å². The Morgan fingerprint density at radius 3 is 2.45 bits per heavy atom. The number of aliphatic hydroxyl groups is 1. The third-order valence-electron chi connectivity index (χ3n) is 3.37. The van der Waals surface area contributed by atoms with Gasteiger partial charge in [-0.15, -0.1) is 0 Å². The van der Waals surface area contributed by atoms with Gasteiger partial charge in [-0.3, -0.25) is 0 Å². The molecule has 0 aliphatic heterocycles. The second-order valence-corrected chi connectivity index (χ2v) is 5.65. The predicted octanol–water partition coefficient (Wildman–Crippen LogP) is 3.01. The molecule has 3 rings (SSSR count). The number of aliphatic hydroxyl groups excluding tert-OH is 1. The van der Waals surface area contributed by atoms with Crippen molar-refractivity contribution in [3.63, 3.8) is 0 Å². The average Bonchev–Trinajstić information content (AvgIpc) is 2.80. The first kappa shape index (κ1) is 13.1. The Morgan fingerprint density at radius 1 is 1.05 bits per heavy atom. The number of aromatic amines is 2. The van der Waals surface area contributed by atoms with Gasteiger partial charge in [0.2, 0.25) is 0 Å². The lowest BCUT2D eigenvalue weighted by atomic mass is 10.0. The molecule has 0 radical (unpaired) electrons. The molecular weight excluding hydrogens is 320 g/mol. The number of hydrogen-bond donors (Lipinski definition) is 3. The molecule has 0 aliphatic rings. The smallest absolute Gasteiger partial charge is 0.323 e. The van der Waals surface area contributed by atoms with E-state index in [1.807, 2.05) is 31.2 Å². The van der Waals surface area contributed by atoms with E-state index in [-0.39, 0.29) is 5.69 Å². The van der Waals surface area contributed by atoms with Crippen molar-refractivity contribution in [2.24, 2.45) is 0 Å². The minimum atomic E-state index is -0.727. The molecule has 1 aromatic heterocycles. The first-order valence-electron chi connectivity index (χ1n) is 6.20. The SMILES string of the molecule is Cc1ccc(C(O)c2ccc3[nH]c(=O)[nH]c3c2)cc1Br. The number of fused-ring (bicyclic) bond motifs is 1. The molecule has 5 heteroatoms. The van der Waals surface area contributed by atoms with Crippen LogP contribution in [-0.4, -0.2) is 15.1 Å². The van der Waals surface area contributed by atoms with Crippen LogP contribution in [0.4, 0.5) is 0 Å². The maximum Gasteiger partial charge on any atom is 0.323 e. The fraction of sp³-hybridized carbons (Fsp3) is 0.133. The van der Waals surface area contributed by atoms with Crippen LogP contribution in [0.25, 0.3) is 11.0 Å². The Hall–Kier alpha value is -1.85. The van der Waals surface area contributed by atoms with Gasteiger partial charge >= 0.3 is 5.69 Å². The molecule has 0 saturated carbocycles. The van der Waals surface area contributed by atoms with Crippen molar-refractivity contribution in [2.45, 2.75) is 13.0 Å². The Bertz CT molecular complexity index is 835. The number of aryl methyl sites for hydroxylation is 1. The lowest BCUT2D eigenvalue weighted by Gasteiger charge is -2.12. The quantitative estimate of drug-likeness (QED) is 0.675. The topological polar surface area (TPSA) is 68.9 Å². The van der Waals surface area contributed by atoms with Crippen LogP contribution in [-0.2, 0) is 0 Å². The van der Waals surface area contributed by atoms with E-state index in [4.69, 9.17) is 0 Å². The Balaban J connectivity index is 2.04. The summed E-state index contributed by atoms with van der Waals surface area (Å²) in [5.41, 5.74) is 3.84. The van der Waals surface area contributed by atoms with Gasteiger partial charge in [0.15, 0.2) is 0 Å². The Labute approximate surface area is 123 Å². The van der Waals surface area contributed by atoms with E-state index >= 15 is 0 Å². The monoisotopic (exact) mass is 332 g/mol. The molecule has 0 fully saturated rings. The first-order chi connectivity index (χ1) is 9.54. The van der Waals surface area contributed by atoms with Crippen LogP contribution in [0.3, 0.4) is 0 Å². The maximum absolute atomic E-state index is 11.2. The highest BCUT2D eigenvalue weighted by molar-refractivity contribution is 9.10. The fourth-order valence-corrected chi connectivity index (χ4v) is 2.59. The van der Waals surface area contributed by atoms with Crippen molar-refractivity contribution in [1.29, 1.82) is 0 Å². The molecule has 3 aromatic rings. The molecule has 0 spiro atoms. The summed E-state index contributed by atoms with van der Waals surface area (Å²) in [6, 6.07) is 11.1. The average molecular weight is 333 g/mol. The molecule has 0 bridgehead atoms. The van der Waals surface area contributed by atoms with Crippen molar-refractivity contribution in [2.75, 3.05) is 0 Å². The van der Waals surface area contributed by atoms with Gasteiger partial charge < -0.3 is 15.1 Å². The number of rotatable bonds is 2. The molecule has 1 unspecified atom stereocenters. The molecule has 0 saturated heterocycles. The van der Waals surface area contributed by atoms with Crippen LogP contribution in [0.5, 0.6) is 0 Å². The molecule has 4 nitrogen and oxygen atoms in total. The van der Waals surface area contributed by atoms with Gasteiger partial charge in [0.05, 0.1) is 11.0 Å². The van der Waals surface area contributed by atoms with Crippen LogP contribution in [0, 0.1) is 6.92 Å². The molecule has 0 amide bonds. The third kappa shape index (κ3) is 2.30. The second kappa shape index (κ2) is 4.92. The number of aromatic nitrogens is 2. The summed E-state index contributed by atoms with van der Waals surface area (Å²) in [6.07, 6.45) is -0.727. The van der Waals surface area contributed by atoms with Gasteiger partial charge in [0.25, 0.3) is 0 Å². The molecule has 1 heterocycles. The molecule has 1 atom stereocenters. The molecular formula is C15H13BrN2O2. The number of hydrogen-bond acceptors (Lipinski definition) is 2. The van der Waals surface area contributed by atoms with Gasteiger partial charge in [-0.2, -0.15) is 0 Å². The number of H-pyrrole nitrogens is 2. The summed E-state index contributed by atoms with van der Waals surface area (Å²) < 4.78 is 0.963. The summed E-state index contributed by atoms with van der Waals surface area (Å²) in [4.78, 5) is 16.6. The number of benzene rings is 2. The van der Waals surface area contributed by atoms with Gasteiger partial charge in [-0.05, 0) is 41.8 Å². The van der Waals surface area contributed by atoms with Crippen LogP contribution < -0.4 is 5.69 Å². The van der Waals surface area contributed by atoms with Crippen molar-refractivity contribution < 1.29 is 5.11 Å². The first-order valence-corrected chi connectivity index (χ1v) is 7.00. The largest absolute Gasteiger partial charge is 0.384 e. The Morgan fingerprint density at radius 2 is 1.70 bits per heavy atom. The highest BCUT2D eigenvalue weighted by Gasteiger charge is 2.12. The molecule has 0 aliphatic carbocycles. The van der Waals surface area contributed by atoms with Crippen molar-refractivity contribution in [1.82, 2.24) is 9.97 Å². The van der Waals surface area contributed by atoms with Crippen LogP contribution in [0.15, 0.2) is 45.7 Å². The van der Waals surface area contributed by atoms with Gasteiger partial charge in [-0.1, -0.05) is 34.1 Å². The van der Waals surface area contributed by atoms with Crippen LogP contribution in [0.1, 0.15) is 22.8 Å². The minimum absolute atomic E-state index is 0.246. The molecule has 20 heavy (non-hydrogen) atoms. The zero-order valence-electron chi connectivity index (χ0n) is 10.8. The van der Waals surface area contributed by atoms with E-state index in [0.717, 1.165) is 26.7 Å². The highest BCUT2D eigenvalue weighted by atomic mass is 79.9. The standard InChI is InChI=1S/C15H13BrN2O2/c1-8-2-3-9(6-11(8)16)14(19)10-4-5-12-13(7-10)18-15(20)17-12/h2-7,14,19H,1H3,(H2,17,18,20).